The van der Waals surface area contributed by atoms with E-state index in [2.05, 4.69) is 25.7 Å². The van der Waals surface area contributed by atoms with E-state index in [1.54, 1.807) is 26.8 Å². The number of nitriles is 1. The van der Waals surface area contributed by atoms with Crippen LogP contribution in [0.5, 0.6) is 0 Å². The van der Waals surface area contributed by atoms with E-state index < -0.39 is 43.9 Å². The molecule has 11 heteroatoms. The number of thiophene rings is 1. The summed E-state index contributed by atoms with van der Waals surface area (Å²) in [5.41, 5.74) is -1.30. The van der Waals surface area contributed by atoms with Gasteiger partial charge in [-0.05, 0) is 66.0 Å². The van der Waals surface area contributed by atoms with Crippen LogP contribution in [0, 0.1) is 17.1 Å². The number of ether oxygens (including phenoxy) is 2. The standard InChI is InChI=1S/C26H38BFN2O5SSi/c1-24(2,3)33-23(31)30(16-32-13-14-37(8,9)10)22-17(15-29)20-18(11-12-19(28)21(20)36-22)27-34-25(4,5)26(6,7)35-27/h11-12H,13-14,16H2,1-10H3. The first-order chi connectivity index (χ1) is 16.9. The largest absolute Gasteiger partial charge is 0.495 e. The Morgan fingerprint density at radius 1 is 1.19 bits per heavy atom. The third-order valence-corrected chi connectivity index (χ3v) is 9.42. The third kappa shape index (κ3) is 6.55. The SMILES string of the molecule is CC(C)(C)OC(=O)N(COCC[Si](C)(C)C)c1sc2c(F)ccc(B3OC(C)(C)C(C)(C)O3)c2c1C#N. The zero-order chi connectivity index (χ0) is 28.0. The summed E-state index contributed by atoms with van der Waals surface area (Å²) in [5.74, 6) is -0.494. The summed E-state index contributed by atoms with van der Waals surface area (Å²) in [6.07, 6.45) is -0.666. The fraction of sp³-hybridized carbons (Fsp3) is 0.615. The molecule has 1 saturated heterocycles. The number of hydrogen-bond acceptors (Lipinski definition) is 7. The highest BCUT2D eigenvalue weighted by Gasteiger charge is 2.52. The van der Waals surface area contributed by atoms with Crippen LogP contribution in [0.2, 0.25) is 25.7 Å². The maximum absolute atomic E-state index is 15.1. The lowest BCUT2D eigenvalue weighted by Crippen LogP contribution is -2.41. The van der Waals surface area contributed by atoms with Crippen molar-refractivity contribution in [1.29, 1.82) is 5.26 Å². The highest BCUT2D eigenvalue weighted by atomic mass is 32.1. The lowest BCUT2D eigenvalue weighted by Gasteiger charge is -2.32. The van der Waals surface area contributed by atoms with Crippen LogP contribution in [0.25, 0.3) is 10.1 Å². The van der Waals surface area contributed by atoms with Gasteiger partial charge in [0.1, 0.15) is 29.2 Å². The van der Waals surface area contributed by atoms with Crippen molar-refractivity contribution in [3.8, 4) is 6.07 Å². The first-order valence-electron chi connectivity index (χ1n) is 12.5. The average Bonchev–Trinajstić information content (AvgIpc) is 3.20. The van der Waals surface area contributed by atoms with Gasteiger partial charge in [-0.15, -0.1) is 11.3 Å². The predicted molar refractivity (Wildman–Crippen MR) is 150 cm³/mol. The molecule has 0 aliphatic carbocycles. The van der Waals surface area contributed by atoms with Gasteiger partial charge in [-0.3, -0.25) is 0 Å². The highest BCUT2D eigenvalue weighted by molar-refractivity contribution is 7.23. The van der Waals surface area contributed by atoms with Crippen molar-refractivity contribution < 1.29 is 28.0 Å². The Bertz CT molecular complexity index is 1200. The number of rotatable bonds is 7. The van der Waals surface area contributed by atoms with Crippen molar-refractivity contribution in [2.24, 2.45) is 0 Å². The molecular weight excluding hydrogens is 510 g/mol. The van der Waals surface area contributed by atoms with E-state index in [4.69, 9.17) is 18.8 Å². The topological polar surface area (TPSA) is 81.0 Å². The van der Waals surface area contributed by atoms with E-state index in [0.717, 1.165) is 17.4 Å². The van der Waals surface area contributed by atoms with E-state index in [1.165, 1.54) is 11.0 Å². The minimum Gasteiger partial charge on any atom is -0.443 e. The van der Waals surface area contributed by atoms with Crippen molar-refractivity contribution in [3.63, 3.8) is 0 Å². The van der Waals surface area contributed by atoms with Crippen molar-refractivity contribution >= 4 is 53.2 Å². The van der Waals surface area contributed by atoms with Crippen molar-refractivity contribution in [2.75, 3.05) is 18.2 Å². The Balaban J connectivity index is 2.10. The summed E-state index contributed by atoms with van der Waals surface area (Å²) >= 11 is 1.02. The fourth-order valence-corrected chi connectivity index (χ4v) is 5.62. The van der Waals surface area contributed by atoms with Crippen molar-refractivity contribution in [1.82, 2.24) is 0 Å². The van der Waals surface area contributed by atoms with Crippen LogP contribution in [0.4, 0.5) is 14.2 Å². The van der Waals surface area contributed by atoms with Gasteiger partial charge < -0.3 is 18.8 Å². The number of carbonyl (C=O) groups is 1. The van der Waals surface area contributed by atoms with Crippen LogP contribution in [-0.2, 0) is 18.8 Å². The maximum Gasteiger partial charge on any atom is 0.495 e. The summed E-state index contributed by atoms with van der Waals surface area (Å²) in [5, 5.41) is 10.9. The summed E-state index contributed by atoms with van der Waals surface area (Å²) in [4.78, 5) is 14.6. The highest BCUT2D eigenvalue weighted by Crippen LogP contribution is 2.42. The molecule has 0 spiro atoms. The van der Waals surface area contributed by atoms with E-state index >= 15 is 4.39 Å². The number of amides is 1. The molecule has 1 aromatic carbocycles. The second kappa shape index (κ2) is 10.3. The van der Waals surface area contributed by atoms with Gasteiger partial charge in [-0.25, -0.2) is 14.1 Å². The molecular formula is C26H38BFN2O5SSi. The summed E-state index contributed by atoms with van der Waals surface area (Å²) < 4.78 is 39.3. The van der Waals surface area contributed by atoms with Gasteiger partial charge in [-0.1, -0.05) is 25.7 Å². The van der Waals surface area contributed by atoms with Gasteiger partial charge in [0.2, 0.25) is 0 Å². The van der Waals surface area contributed by atoms with E-state index in [-0.39, 0.29) is 22.0 Å². The molecule has 7 nitrogen and oxygen atoms in total. The summed E-state index contributed by atoms with van der Waals surface area (Å²) in [6, 6.07) is 6.03. The van der Waals surface area contributed by atoms with Gasteiger partial charge in [-0.2, -0.15) is 5.26 Å². The molecule has 0 N–H and O–H groups in total. The minimum atomic E-state index is -1.36. The average molecular weight is 549 g/mol. The molecule has 3 rings (SSSR count). The Hall–Kier alpha value is -1.97. The second-order valence-electron chi connectivity index (χ2n) is 12.6. The van der Waals surface area contributed by atoms with E-state index in [1.807, 2.05) is 27.7 Å². The number of carbonyl (C=O) groups excluding carboxylic acids is 1. The molecule has 0 saturated carbocycles. The van der Waals surface area contributed by atoms with Crippen LogP contribution in [-0.4, -0.2) is 51.4 Å². The lowest BCUT2D eigenvalue weighted by molar-refractivity contribution is 0.00578. The Morgan fingerprint density at radius 2 is 1.78 bits per heavy atom. The molecule has 2 aromatic rings. The van der Waals surface area contributed by atoms with E-state index in [9.17, 15) is 10.1 Å². The van der Waals surface area contributed by atoms with Crippen LogP contribution in [0.15, 0.2) is 12.1 Å². The lowest BCUT2D eigenvalue weighted by atomic mass is 9.76. The van der Waals surface area contributed by atoms with Crippen molar-refractivity contribution in [2.45, 2.75) is 91.0 Å². The number of hydrogen-bond donors (Lipinski definition) is 0. The number of fused-ring (bicyclic) bond motifs is 1. The number of benzene rings is 1. The van der Waals surface area contributed by atoms with E-state index in [0.29, 0.717) is 17.5 Å². The van der Waals surface area contributed by atoms with Gasteiger partial charge >= 0.3 is 13.2 Å². The Labute approximate surface area is 225 Å². The third-order valence-electron chi connectivity index (χ3n) is 6.50. The maximum atomic E-state index is 15.1. The summed E-state index contributed by atoms with van der Waals surface area (Å²) in [7, 11) is -2.16. The van der Waals surface area contributed by atoms with Gasteiger partial charge in [0.15, 0.2) is 0 Å². The molecule has 37 heavy (non-hydrogen) atoms. The Morgan fingerprint density at radius 3 is 2.30 bits per heavy atom. The van der Waals surface area contributed by atoms with Gasteiger partial charge in [0.05, 0.1) is 21.5 Å². The quantitative estimate of drug-likeness (QED) is 0.231. The normalized spacial score (nSPS) is 17.2. The van der Waals surface area contributed by atoms with Crippen LogP contribution >= 0.6 is 11.3 Å². The first-order valence-corrected chi connectivity index (χ1v) is 17.0. The fourth-order valence-electron chi connectivity index (χ4n) is 3.69. The first kappa shape index (κ1) is 29.6. The molecule has 1 aliphatic rings. The number of anilines is 1. The molecule has 1 amide bonds. The van der Waals surface area contributed by atoms with Gasteiger partial charge in [0.25, 0.3) is 0 Å². The molecule has 1 aromatic heterocycles. The molecule has 0 atom stereocenters. The monoisotopic (exact) mass is 548 g/mol. The zero-order valence-corrected chi connectivity index (χ0v) is 25.4. The molecule has 0 bridgehead atoms. The molecule has 0 unspecified atom stereocenters. The molecule has 202 valence electrons. The second-order valence-corrected chi connectivity index (χ2v) is 19.2. The van der Waals surface area contributed by atoms with Crippen molar-refractivity contribution in [3.05, 3.63) is 23.5 Å². The van der Waals surface area contributed by atoms with Crippen LogP contribution in [0.3, 0.4) is 0 Å². The number of nitrogens with zero attached hydrogens (tertiary/aromatic N) is 2. The van der Waals surface area contributed by atoms with Crippen LogP contribution < -0.4 is 10.4 Å². The smallest absolute Gasteiger partial charge is 0.443 e. The molecule has 1 aliphatic heterocycles. The summed E-state index contributed by atoms with van der Waals surface area (Å²) in [6.45, 7) is 20.1. The molecule has 1 fully saturated rings. The van der Waals surface area contributed by atoms with Crippen LogP contribution in [0.1, 0.15) is 54.0 Å². The zero-order valence-electron chi connectivity index (χ0n) is 23.6. The minimum absolute atomic E-state index is 0.117. The molecule has 2 heterocycles. The van der Waals surface area contributed by atoms with Gasteiger partial charge in [0, 0.05) is 20.1 Å². The molecule has 0 radical (unpaired) electrons. The predicted octanol–water partition coefficient (Wildman–Crippen LogP) is 6.27. The number of halogens is 1. The Kier molecular flexibility index (Phi) is 8.24.